The number of aliphatic carboxylic acids is 1. The van der Waals surface area contributed by atoms with E-state index in [0.29, 0.717) is 42.9 Å². The summed E-state index contributed by atoms with van der Waals surface area (Å²) in [6, 6.07) is 5.34. The SMILES string of the molecule is C=C(C)COc1ccc2c(C)c(CCC(=O)N3CCC[C@H](C(=O)O)C3)c(=O)oc2c1. The molecule has 0 radical (unpaired) electrons. The quantitative estimate of drug-likeness (QED) is 0.553. The molecule has 1 N–H and O–H groups in total. The zero-order valence-electron chi connectivity index (χ0n) is 17.4. The van der Waals surface area contributed by atoms with E-state index >= 15 is 0 Å². The summed E-state index contributed by atoms with van der Waals surface area (Å²) in [5.41, 5.74) is 2.11. The van der Waals surface area contributed by atoms with Crippen molar-refractivity contribution < 1.29 is 23.8 Å². The fraction of sp³-hybridized carbons (Fsp3) is 0.435. The van der Waals surface area contributed by atoms with Crippen LogP contribution in [0.15, 0.2) is 39.6 Å². The van der Waals surface area contributed by atoms with E-state index in [1.165, 1.54) is 0 Å². The molecule has 2 aromatic rings. The molecule has 30 heavy (non-hydrogen) atoms. The monoisotopic (exact) mass is 413 g/mol. The second kappa shape index (κ2) is 9.15. The normalized spacial score (nSPS) is 16.5. The average molecular weight is 413 g/mol. The van der Waals surface area contributed by atoms with E-state index in [2.05, 4.69) is 6.58 Å². The lowest BCUT2D eigenvalue weighted by Gasteiger charge is -2.30. The van der Waals surface area contributed by atoms with Crippen LogP contribution in [-0.4, -0.2) is 41.6 Å². The number of likely N-dealkylation sites (tertiary alicyclic amines) is 1. The van der Waals surface area contributed by atoms with Crippen LogP contribution in [0.3, 0.4) is 0 Å². The number of fused-ring (bicyclic) bond motifs is 1. The van der Waals surface area contributed by atoms with Crippen LogP contribution in [0.4, 0.5) is 0 Å². The summed E-state index contributed by atoms with van der Waals surface area (Å²) in [4.78, 5) is 37.9. The van der Waals surface area contributed by atoms with E-state index in [0.717, 1.165) is 16.5 Å². The van der Waals surface area contributed by atoms with Gasteiger partial charge in [-0.2, -0.15) is 0 Å². The number of carboxylic acids is 1. The summed E-state index contributed by atoms with van der Waals surface area (Å²) < 4.78 is 11.1. The van der Waals surface area contributed by atoms with Gasteiger partial charge in [-0.3, -0.25) is 9.59 Å². The summed E-state index contributed by atoms with van der Waals surface area (Å²) in [5.74, 6) is -0.931. The Morgan fingerprint density at radius 2 is 2.13 bits per heavy atom. The first-order chi connectivity index (χ1) is 14.3. The van der Waals surface area contributed by atoms with Gasteiger partial charge in [0.05, 0.1) is 5.92 Å². The Hall–Kier alpha value is -3.09. The van der Waals surface area contributed by atoms with Crippen LogP contribution in [0.1, 0.15) is 37.3 Å². The number of hydrogen-bond donors (Lipinski definition) is 1. The van der Waals surface area contributed by atoms with Crippen molar-refractivity contribution in [2.45, 2.75) is 39.5 Å². The summed E-state index contributed by atoms with van der Waals surface area (Å²) in [5, 5.41) is 9.99. The molecule has 1 fully saturated rings. The van der Waals surface area contributed by atoms with Crippen LogP contribution in [0.2, 0.25) is 0 Å². The third-order valence-electron chi connectivity index (χ3n) is 5.46. The molecule has 1 amide bonds. The molecule has 0 aliphatic carbocycles. The van der Waals surface area contributed by atoms with Gasteiger partial charge in [0.2, 0.25) is 5.91 Å². The molecule has 1 aliphatic heterocycles. The molecule has 1 aliphatic rings. The topological polar surface area (TPSA) is 97.0 Å². The molecule has 7 nitrogen and oxygen atoms in total. The van der Waals surface area contributed by atoms with Crippen LogP contribution in [0, 0.1) is 12.8 Å². The van der Waals surface area contributed by atoms with E-state index in [1.54, 1.807) is 11.0 Å². The zero-order valence-corrected chi connectivity index (χ0v) is 17.4. The lowest BCUT2D eigenvalue weighted by molar-refractivity contribution is -0.145. The van der Waals surface area contributed by atoms with Crippen molar-refractivity contribution in [1.29, 1.82) is 0 Å². The second-order valence-corrected chi connectivity index (χ2v) is 7.91. The Balaban J connectivity index is 1.73. The molecule has 7 heteroatoms. The third kappa shape index (κ3) is 4.90. The number of piperidine rings is 1. The number of amides is 1. The summed E-state index contributed by atoms with van der Waals surface area (Å²) in [7, 11) is 0. The predicted octanol–water partition coefficient (Wildman–Crippen LogP) is 3.31. The Morgan fingerprint density at radius 3 is 2.83 bits per heavy atom. The van der Waals surface area contributed by atoms with Gasteiger partial charge in [-0.15, -0.1) is 0 Å². The van der Waals surface area contributed by atoms with Gasteiger partial charge < -0.3 is 19.2 Å². The molecule has 0 unspecified atom stereocenters. The molecule has 1 atom stereocenters. The van der Waals surface area contributed by atoms with Crippen LogP contribution >= 0.6 is 0 Å². The van der Waals surface area contributed by atoms with Gasteiger partial charge in [0.1, 0.15) is 17.9 Å². The van der Waals surface area contributed by atoms with Crippen LogP contribution < -0.4 is 10.4 Å². The lowest BCUT2D eigenvalue weighted by Crippen LogP contribution is -2.42. The van der Waals surface area contributed by atoms with E-state index in [9.17, 15) is 19.5 Å². The Labute approximate surface area is 174 Å². The molecule has 160 valence electrons. The Kier molecular flexibility index (Phi) is 6.59. The van der Waals surface area contributed by atoms with Crippen LogP contribution in [0.5, 0.6) is 5.75 Å². The number of nitrogens with zero attached hydrogens (tertiary/aromatic N) is 1. The smallest absolute Gasteiger partial charge is 0.339 e. The van der Waals surface area contributed by atoms with Crippen molar-refractivity contribution in [3.05, 3.63) is 51.9 Å². The second-order valence-electron chi connectivity index (χ2n) is 7.91. The zero-order chi connectivity index (χ0) is 21.8. The number of aryl methyl sites for hydroxylation is 1. The number of carboxylic acid groups (broad SMARTS) is 1. The first kappa shape index (κ1) is 21.6. The molecule has 3 rings (SSSR count). The van der Waals surface area contributed by atoms with Gasteiger partial charge in [0, 0.05) is 36.5 Å². The third-order valence-corrected chi connectivity index (χ3v) is 5.46. The Bertz CT molecular complexity index is 1040. The van der Waals surface area contributed by atoms with Gasteiger partial charge in [0.15, 0.2) is 0 Å². The minimum Gasteiger partial charge on any atom is -0.489 e. The van der Waals surface area contributed by atoms with Gasteiger partial charge in [-0.25, -0.2) is 4.79 Å². The van der Waals surface area contributed by atoms with Crippen molar-refractivity contribution in [3.63, 3.8) is 0 Å². The maximum Gasteiger partial charge on any atom is 0.339 e. The minimum atomic E-state index is -0.870. The number of benzene rings is 1. The standard InChI is InChI=1S/C23H27NO6/c1-14(2)13-29-17-6-7-18-15(3)19(23(28)30-20(18)11-17)8-9-21(25)24-10-4-5-16(12-24)22(26)27/h6-7,11,16H,1,4-5,8-10,12-13H2,2-3H3,(H,26,27)/t16-/m0/s1. The summed E-state index contributed by atoms with van der Waals surface area (Å²) in [6.45, 7) is 8.67. The van der Waals surface area contributed by atoms with Crippen LogP contribution in [0.25, 0.3) is 11.0 Å². The first-order valence-corrected chi connectivity index (χ1v) is 10.1. The number of hydrogen-bond acceptors (Lipinski definition) is 5. The highest BCUT2D eigenvalue weighted by Gasteiger charge is 2.28. The van der Waals surface area contributed by atoms with E-state index in [1.807, 2.05) is 26.0 Å². The van der Waals surface area contributed by atoms with Crippen LogP contribution in [-0.2, 0) is 16.0 Å². The number of ether oxygens (including phenoxy) is 1. The molecule has 0 bridgehead atoms. The number of carbonyl (C=O) groups is 2. The minimum absolute atomic E-state index is 0.136. The maximum atomic E-state index is 12.6. The number of carbonyl (C=O) groups excluding carboxylic acids is 1. The van der Waals surface area contributed by atoms with E-state index in [-0.39, 0.29) is 25.3 Å². The molecular weight excluding hydrogens is 386 g/mol. The highest BCUT2D eigenvalue weighted by molar-refractivity contribution is 5.83. The largest absolute Gasteiger partial charge is 0.489 e. The van der Waals surface area contributed by atoms with Gasteiger partial charge in [0.25, 0.3) is 0 Å². The molecule has 1 aromatic heterocycles. The lowest BCUT2D eigenvalue weighted by atomic mass is 9.97. The molecular formula is C23H27NO6. The van der Waals surface area contributed by atoms with Crippen molar-refractivity contribution >= 4 is 22.8 Å². The summed E-state index contributed by atoms with van der Waals surface area (Å²) >= 11 is 0. The van der Waals surface area contributed by atoms with Gasteiger partial charge in [-0.05, 0) is 56.4 Å². The first-order valence-electron chi connectivity index (χ1n) is 10.1. The fourth-order valence-corrected chi connectivity index (χ4v) is 3.76. The molecule has 0 spiro atoms. The molecule has 1 aromatic carbocycles. The highest BCUT2D eigenvalue weighted by Crippen LogP contribution is 2.25. The van der Waals surface area contributed by atoms with Gasteiger partial charge >= 0.3 is 11.6 Å². The predicted molar refractivity (Wildman–Crippen MR) is 113 cm³/mol. The fourth-order valence-electron chi connectivity index (χ4n) is 3.76. The van der Waals surface area contributed by atoms with Crippen molar-refractivity contribution in [1.82, 2.24) is 4.90 Å². The van der Waals surface area contributed by atoms with Crippen molar-refractivity contribution in [2.75, 3.05) is 19.7 Å². The van der Waals surface area contributed by atoms with E-state index < -0.39 is 17.5 Å². The van der Waals surface area contributed by atoms with Crippen molar-refractivity contribution in [3.8, 4) is 5.75 Å². The van der Waals surface area contributed by atoms with Crippen molar-refractivity contribution in [2.24, 2.45) is 5.92 Å². The van der Waals surface area contributed by atoms with E-state index in [4.69, 9.17) is 9.15 Å². The van der Waals surface area contributed by atoms with Gasteiger partial charge in [-0.1, -0.05) is 6.58 Å². The molecule has 0 saturated carbocycles. The summed E-state index contributed by atoms with van der Waals surface area (Å²) in [6.07, 6.45) is 1.66. The average Bonchev–Trinajstić information content (AvgIpc) is 2.71. The highest BCUT2D eigenvalue weighted by atomic mass is 16.5. The number of rotatable bonds is 7. The molecule has 1 saturated heterocycles. The maximum absolute atomic E-state index is 12.6. The molecule has 2 heterocycles. The Morgan fingerprint density at radius 1 is 1.37 bits per heavy atom.